The Balaban J connectivity index is 1.98. The van der Waals surface area contributed by atoms with Gasteiger partial charge in [0.1, 0.15) is 0 Å². The molecule has 1 aliphatic rings. The van der Waals surface area contributed by atoms with Crippen molar-refractivity contribution in [3.05, 3.63) is 21.3 Å². The van der Waals surface area contributed by atoms with Crippen molar-refractivity contribution < 1.29 is 0 Å². The van der Waals surface area contributed by atoms with Gasteiger partial charge in [-0.25, -0.2) is 0 Å². The van der Waals surface area contributed by atoms with E-state index in [0.717, 1.165) is 21.8 Å². The van der Waals surface area contributed by atoms with Crippen molar-refractivity contribution in [1.82, 2.24) is 5.32 Å². The average molecular weight is 247 g/mol. The van der Waals surface area contributed by atoms with Crippen molar-refractivity contribution in [3.63, 3.8) is 0 Å². The predicted octanol–water partition coefficient (Wildman–Crippen LogP) is 3.15. The van der Waals surface area contributed by atoms with E-state index in [4.69, 9.17) is 11.6 Å². The molecule has 0 amide bonds. The summed E-state index contributed by atoms with van der Waals surface area (Å²) in [4.78, 5) is 5.60. The Morgan fingerprint density at radius 1 is 1.57 bits per heavy atom. The maximum Gasteiger partial charge on any atom is 0.157 e. The van der Waals surface area contributed by atoms with Crippen LogP contribution in [0.4, 0.5) is 0 Å². The number of hydrogen-bond donors (Lipinski definition) is 1. The summed E-state index contributed by atoms with van der Waals surface area (Å²) in [6.45, 7) is 3.06. The zero-order chi connectivity index (χ0) is 9.97. The molecule has 76 valence electrons. The van der Waals surface area contributed by atoms with Crippen LogP contribution in [-0.2, 0) is 0 Å². The average Bonchev–Trinajstić information content (AvgIpc) is 2.75. The molecule has 0 spiro atoms. The summed E-state index contributed by atoms with van der Waals surface area (Å²) in [5.74, 6) is 1.10. The third kappa shape index (κ3) is 2.43. The number of nitrogens with zero attached hydrogens (tertiary/aromatic N) is 1. The Kier molecular flexibility index (Phi) is 3.36. The van der Waals surface area contributed by atoms with Gasteiger partial charge in [-0.3, -0.25) is 4.99 Å². The number of amidine groups is 1. The summed E-state index contributed by atoms with van der Waals surface area (Å²) in [5.41, 5.74) is 0. The maximum absolute atomic E-state index is 5.88. The summed E-state index contributed by atoms with van der Waals surface area (Å²) < 4.78 is 0.842. The molecule has 2 heterocycles. The second kappa shape index (κ2) is 4.55. The summed E-state index contributed by atoms with van der Waals surface area (Å²) in [6, 6.07) is 4.30. The molecule has 1 unspecified atom stereocenters. The fourth-order valence-corrected chi connectivity index (χ4v) is 3.12. The lowest BCUT2D eigenvalue weighted by Gasteiger charge is -2.12. The highest BCUT2D eigenvalue weighted by molar-refractivity contribution is 8.14. The molecular formula is C9H11ClN2S2. The normalized spacial score (nSPS) is 18.0. The van der Waals surface area contributed by atoms with Gasteiger partial charge in [0.15, 0.2) is 5.17 Å². The van der Waals surface area contributed by atoms with Crippen molar-refractivity contribution in [2.45, 2.75) is 13.0 Å². The molecule has 0 bridgehead atoms. The van der Waals surface area contributed by atoms with E-state index in [-0.39, 0.29) is 0 Å². The fourth-order valence-electron chi connectivity index (χ4n) is 1.24. The molecule has 0 fully saturated rings. The fraction of sp³-hybridized carbons (Fsp3) is 0.444. The van der Waals surface area contributed by atoms with Gasteiger partial charge in [-0.2, -0.15) is 0 Å². The predicted molar refractivity (Wildman–Crippen MR) is 65.6 cm³/mol. The molecule has 1 aromatic heterocycles. The van der Waals surface area contributed by atoms with Crippen molar-refractivity contribution in [1.29, 1.82) is 0 Å². The Bertz CT molecular complexity index is 348. The van der Waals surface area contributed by atoms with Crippen LogP contribution in [0.3, 0.4) is 0 Å². The Labute approximate surface area is 96.8 Å². The molecule has 1 atom stereocenters. The number of thiophene rings is 1. The smallest absolute Gasteiger partial charge is 0.157 e. The summed E-state index contributed by atoms with van der Waals surface area (Å²) in [6.07, 6.45) is 0. The van der Waals surface area contributed by atoms with E-state index in [0.29, 0.717) is 6.04 Å². The molecule has 5 heteroatoms. The van der Waals surface area contributed by atoms with Gasteiger partial charge in [0.05, 0.1) is 16.9 Å². The second-order valence-electron chi connectivity index (χ2n) is 3.04. The van der Waals surface area contributed by atoms with Crippen LogP contribution in [-0.4, -0.2) is 17.5 Å². The van der Waals surface area contributed by atoms with Crippen LogP contribution in [0.15, 0.2) is 17.1 Å². The molecule has 2 rings (SSSR count). The molecule has 0 saturated heterocycles. The zero-order valence-electron chi connectivity index (χ0n) is 7.79. The zero-order valence-corrected chi connectivity index (χ0v) is 10.2. The SMILES string of the molecule is CC(NC1=NCCS1)c1ccc(Cl)s1. The molecule has 0 aliphatic carbocycles. The van der Waals surface area contributed by atoms with Gasteiger partial charge in [0, 0.05) is 10.6 Å². The third-order valence-electron chi connectivity index (χ3n) is 1.95. The third-order valence-corrected chi connectivity index (χ3v) is 4.27. The van der Waals surface area contributed by atoms with Gasteiger partial charge in [-0.1, -0.05) is 23.4 Å². The number of rotatable bonds is 2. The van der Waals surface area contributed by atoms with Gasteiger partial charge in [0.25, 0.3) is 0 Å². The van der Waals surface area contributed by atoms with E-state index >= 15 is 0 Å². The van der Waals surface area contributed by atoms with E-state index in [1.165, 1.54) is 4.88 Å². The minimum Gasteiger partial charge on any atom is -0.358 e. The van der Waals surface area contributed by atoms with Crippen LogP contribution >= 0.6 is 34.7 Å². The Morgan fingerprint density at radius 3 is 3.00 bits per heavy atom. The van der Waals surface area contributed by atoms with Gasteiger partial charge < -0.3 is 5.32 Å². The molecule has 0 saturated carbocycles. The van der Waals surface area contributed by atoms with Crippen molar-refractivity contribution in [2.75, 3.05) is 12.3 Å². The highest BCUT2D eigenvalue weighted by Crippen LogP contribution is 2.27. The second-order valence-corrected chi connectivity index (χ2v) is 5.87. The molecule has 1 aliphatic heterocycles. The minimum atomic E-state index is 0.303. The number of hydrogen-bond acceptors (Lipinski definition) is 4. The molecule has 0 aromatic carbocycles. The van der Waals surface area contributed by atoms with Crippen molar-refractivity contribution >= 4 is 39.9 Å². The first-order valence-electron chi connectivity index (χ1n) is 4.45. The molecule has 2 nitrogen and oxygen atoms in total. The highest BCUT2D eigenvalue weighted by Gasteiger charge is 2.12. The van der Waals surface area contributed by atoms with E-state index in [2.05, 4.69) is 23.3 Å². The Morgan fingerprint density at radius 2 is 2.43 bits per heavy atom. The first-order chi connectivity index (χ1) is 6.75. The van der Waals surface area contributed by atoms with E-state index in [9.17, 15) is 0 Å². The Hall–Kier alpha value is -0.190. The number of aliphatic imine (C=N–C) groups is 1. The number of halogens is 1. The largest absolute Gasteiger partial charge is 0.358 e. The number of nitrogens with one attached hydrogen (secondary N) is 1. The molecule has 1 aromatic rings. The minimum absolute atomic E-state index is 0.303. The van der Waals surface area contributed by atoms with Gasteiger partial charge in [-0.05, 0) is 19.1 Å². The first kappa shape index (κ1) is 10.3. The number of thioether (sulfide) groups is 1. The van der Waals surface area contributed by atoms with Gasteiger partial charge >= 0.3 is 0 Å². The molecule has 14 heavy (non-hydrogen) atoms. The van der Waals surface area contributed by atoms with Crippen molar-refractivity contribution in [3.8, 4) is 0 Å². The van der Waals surface area contributed by atoms with Crippen LogP contribution in [0.1, 0.15) is 17.8 Å². The lowest BCUT2D eigenvalue weighted by atomic mass is 10.3. The first-order valence-corrected chi connectivity index (χ1v) is 6.63. The highest BCUT2D eigenvalue weighted by atomic mass is 35.5. The topological polar surface area (TPSA) is 24.4 Å². The van der Waals surface area contributed by atoms with E-state index < -0.39 is 0 Å². The maximum atomic E-state index is 5.88. The van der Waals surface area contributed by atoms with Gasteiger partial charge in [-0.15, -0.1) is 11.3 Å². The van der Waals surface area contributed by atoms with Crippen LogP contribution in [0.2, 0.25) is 4.34 Å². The van der Waals surface area contributed by atoms with Crippen LogP contribution < -0.4 is 5.32 Å². The molecule has 0 radical (unpaired) electrons. The lowest BCUT2D eigenvalue weighted by molar-refractivity contribution is 0.738. The molecular weight excluding hydrogens is 236 g/mol. The van der Waals surface area contributed by atoms with E-state index in [1.54, 1.807) is 23.1 Å². The van der Waals surface area contributed by atoms with Crippen LogP contribution in [0.25, 0.3) is 0 Å². The summed E-state index contributed by atoms with van der Waals surface area (Å²) in [5, 5.41) is 4.43. The van der Waals surface area contributed by atoms with Crippen molar-refractivity contribution in [2.24, 2.45) is 4.99 Å². The summed E-state index contributed by atoms with van der Waals surface area (Å²) >= 11 is 9.28. The van der Waals surface area contributed by atoms with E-state index in [1.807, 2.05) is 6.07 Å². The van der Waals surface area contributed by atoms with Crippen LogP contribution in [0.5, 0.6) is 0 Å². The standard InChI is InChI=1S/C9H11ClN2S2/c1-6(7-2-3-8(10)14-7)12-9-11-4-5-13-9/h2-3,6H,4-5H2,1H3,(H,11,12). The van der Waals surface area contributed by atoms with Crippen LogP contribution in [0, 0.1) is 0 Å². The lowest BCUT2D eigenvalue weighted by Crippen LogP contribution is -2.22. The quantitative estimate of drug-likeness (QED) is 0.867. The van der Waals surface area contributed by atoms with Gasteiger partial charge in [0.2, 0.25) is 0 Å². The summed E-state index contributed by atoms with van der Waals surface area (Å²) in [7, 11) is 0. The monoisotopic (exact) mass is 246 g/mol. The molecule has 1 N–H and O–H groups in total.